The van der Waals surface area contributed by atoms with Crippen molar-refractivity contribution in [3.8, 4) is 17.0 Å². The Kier molecular flexibility index (Phi) is 5.92. The number of aliphatic hydroxyl groups is 1. The number of hydrogen-bond donors (Lipinski definition) is 3. The number of fused-ring (bicyclic) bond motifs is 1. The van der Waals surface area contributed by atoms with Crippen molar-refractivity contribution in [3.63, 3.8) is 0 Å². The van der Waals surface area contributed by atoms with Gasteiger partial charge in [-0.05, 0) is 29.8 Å². The molecule has 0 aliphatic heterocycles. The van der Waals surface area contributed by atoms with E-state index in [1.807, 2.05) is 42.6 Å². The van der Waals surface area contributed by atoms with Gasteiger partial charge in [0.2, 0.25) is 10.1 Å². The van der Waals surface area contributed by atoms with Gasteiger partial charge in [-0.3, -0.25) is 4.79 Å². The van der Waals surface area contributed by atoms with Gasteiger partial charge in [-0.25, -0.2) is 9.50 Å². The van der Waals surface area contributed by atoms with Crippen molar-refractivity contribution in [1.82, 2.24) is 19.9 Å². The summed E-state index contributed by atoms with van der Waals surface area (Å²) in [6.45, 7) is 0.810. The Morgan fingerprint density at radius 3 is 2.60 bits per heavy atom. The van der Waals surface area contributed by atoms with Crippen molar-refractivity contribution in [3.05, 3.63) is 65.9 Å². The second kappa shape index (κ2) is 8.93. The zero-order valence-corrected chi connectivity index (χ0v) is 17.1. The molecule has 2 aromatic carbocycles. The van der Waals surface area contributed by atoms with E-state index in [1.54, 1.807) is 23.8 Å². The summed E-state index contributed by atoms with van der Waals surface area (Å²) < 4.78 is 6.92. The van der Waals surface area contributed by atoms with Crippen LogP contribution in [-0.4, -0.2) is 45.9 Å². The highest BCUT2D eigenvalue weighted by Crippen LogP contribution is 2.25. The number of aliphatic hydroxyl groups excluding tert-OH is 1. The predicted octanol–water partition coefficient (Wildman–Crippen LogP) is 2.80. The van der Waals surface area contributed by atoms with Gasteiger partial charge >= 0.3 is 0 Å². The zero-order valence-electron chi connectivity index (χ0n) is 16.3. The van der Waals surface area contributed by atoms with Gasteiger partial charge in [-0.15, -0.1) is 5.10 Å². The minimum atomic E-state index is -0.212. The SMILES string of the molecule is COc1ccc(CNc2nn3cc(-c4ccc(C(=O)NCCO)cc4)nc3s2)cc1. The van der Waals surface area contributed by atoms with Crippen LogP contribution in [-0.2, 0) is 6.54 Å². The van der Waals surface area contributed by atoms with E-state index in [9.17, 15) is 4.79 Å². The van der Waals surface area contributed by atoms with Gasteiger partial charge in [0.05, 0.1) is 25.6 Å². The molecule has 154 valence electrons. The number of hydrogen-bond acceptors (Lipinski definition) is 7. The molecule has 0 spiro atoms. The Morgan fingerprint density at radius 1 is 1.17 bits per heavy atom. The maximum atomic E-state index is 11.9. The van der Waals surface area contributed by atoms with Crippen LogP contribution in [0.25, 0.3) is 16.2 Å². The number of imidazole rings is 1. The predicted molar refractivity (Wildman–Crippen MR) is 116 cm³/mol. The molecule has 3 N–H and O–H groups in total. The molecule has 1 amide bonds. The van der Waals surface area contributed by atoms with Crippen molar-refractivity contribution < 1.29 is 14.6 Å². The summed E-state index contributed by atoms with van der Waals surface area (Å²) in [6.07, 6.45) is 1.87. The first-order chi connectivity index (χ1) is 14.7. The smallest absolute Gasteiger partial charge is 0.251 e. The van der Waals surface area contributed by atoms with E-state index >= 15 is 0 Å². The minimum absolute atomic E-state index is 0.0842. The monoisotopic (exact) mass is 423 g/mol. The fourth-order valence-electron chi connectivity index (χ4n) is 2.90. The number of carbonyl (C=O) groups excluding carboxylic acids is 1. The van der Waals surface area contributed by atoms with Gasteiger partial charge < -0.3 is 20.5 Å². The Balaban J connectivity index is 1.42. The lowest BCUT2D eigenvalue weighted by atomic mass is 10.1. The molecule has 0 saturated carbocycles. The third-order valence-corrected chi connectivity index (χ3v) is 5.37. The summed E-state index contributed by atoms with van der Waals surface area (Å²) in [7, 11) is 1.65. The van der Waals surface area contributed by atoms with E-state index in [0.29, 0.717) is 12.1 Å². The van der Waals surface area contributed by atoms with Crippen LogP contribution in [0.5, 0.6) is 5.75 Å². The summed E-state index contributed by atoms with van der Waals surface area (Å²) >= 11 is 1.47. The Morgan fingerprint density at radius 2 is 1.93 bits per heavy atom. The number of amides is 1. The van der Waals surface area contributed by atoms with Crippen LogP contribution in [0.2, 0.25) is 0 Å². The number of anilines is 1. The largest absolute Gasteiger partial charge is 0.497 e. The van der Waals surface area contributed by atoms with Gasteiger partial charge in [0.1, 0.15) is 5.75 Å². The molecule has 30 heavy (non-hydrogen) atoms. The first-order valence-electron chi connectivity index (χ1n) is 9.39. The number of carbonyl (C=O) groups is 1. The molecular weight excluding hydrogens is 402 g/mol. The minimum Gasteiger partial charge on any atom is -0.497 e. The van der Waals surface area contributed by atoms with Crippen molar-refractivity contribution >= 4 is 27.3 Å². The Hall–Kier alpha value is -3.43. The number of aromatic nitrogens is 3. The summed E-state index contributed by atoms with van der Waals surface area (Å²) in [4.78, 5) is 17.3. The molecule has 8 nitrogen and oxygen atoms in total. The van der Waals surface area contributed by atoms with E-state index in [-0.39, 0.29) is 19.1 Å². The third-order valence-electron chi connectivity index (χ3n) is 4.49. The molecule has 9 heteroatoms. The fraction of sp³-hybridized carbons (Fsp3) is 0.190. The van der Waals surface area contributed by atoms with Crippen LogP contribution in [0, 0.1) is 0 Å². The van der Waals surface area contributed by atoms with Gasteiger partial charge in [0.15, 0.2) is 0 Å². The summed E-state index contributed by atoms with van der Waals surface area (Å²) in [5, 5.41) is 20.1. The summed E-state index contributed by atoms with van der Waals surface area (Å²) in [6, 6.07) is 15.1. The average Bonchev–Trinajstić information content (AvgIpc) is 3.35. The van der Waals surface area contributed by atoms with Crippen LogP contribution in [0.1, 0.15) is 15.9 Å². The van der Waals surface area contributed by atoms with Crippen molar-refractivity contribution in [2.24, 2.45) is 0 Å². The number of nitrogens with zero attached hydrogens (tertiary/aromatic N) is 3. The second-order valence-corrected chi connectivity index (χ2v) is 7.47. The fourth-order valence-corrected chi connectivity index (χ4v) is 3.67. The third kappa shape index (κ3) is 4.42. The lowest BCUT2D eigenvalue weighted by Crippen LogP contribution is -2.26. The number of ether oxygens (including phenoxy) is 1. The number of benzene rings is 2. The van der Waals surface area contributed by atoms with Gasteiger partial charge in [-0.2, -0.15) is 0 Å². The molecule has 0 aliphatic carbocycles. The highest BCUT2D eigenvalue weighted by atomic mass is 32.1. The molecule has 4 rings (SSSR count). The van der Waals surface area contributed by atoms with Crippen LogP contribution in [0.15, 0.2) is 54.7 Å². The van der Waals surface area contributed by atoms with Gasteiger partial charge in [-0.1, -0.05) is 35.6 Å². The van der Waals surface area contributed by atoms with E-state index in [0.717, 1.165) is 32.7 Å². The topological polar surface area (TPSA) is 101 Å². The molecule has 0 fully saturated rings. The molecule has 0 unspecified atom stereocenters. The van der Waals surface area contributed by atoms with E-state index in [2.05, 4.69) is 20.7 Å². The highest BCUT2D eigenvalue weighted by Gasteiger charge is 2.11. The van der Waals surface area contributed by atoms with E-state index < -0.39 is 0 Å². The molecule has 0 aliphatic rings. The number of methoxy groups -OCH3 is 1. The molecule has 0 atom stereocenters. The quantitative estimate of drug-likeness (QED) is 0.403. The molecule has 2 heterocycles. The Bertz CT molecular complexity index is 1100. The summed E-state index contributed by atoms with van der Waals surface area (Å²) in [5.41, 5.74) is 3.36. The zero-order chi connectivity index (χ0) is 20.9. The number of nitrogens with one attached hydrogen (secondary N) is 2. The van der Waals surface area contributed by atoms with E-state index in [4.69, 9.17) is 9.84 Å². The lowest BCUT2D eigenvalue weighted by molar-refractivity contribution is 0.0945. The highest BCUT2D eigenvalue weighted by molar-refractivity contribution is 7.20. The van der Waals surface area contributed by atoms with Crippen LogP contribution >= 0.6 is 11.3 Å². The van der Waals surface area contributed by atoms with Crippen molar-refractivity contribution in [2.45, 2.75) is 6.54 Å². The Labute approximate surface area is 177 Å². The first kappa shape index (κ1) is 19.9. The first-order valence-corrected chi connectivity index (χ1v) is 10.2. The van der Waals surface area contributed by atoms with Crippen molar-refractivity contribution in [2.75, 3.05) is 25.6 Å². The standard InChI is InChI=1S/C21H21N5O3S/c1-29-17-8-2-14(3-9-17)12-23-20-25-26-13-18(24-21(26)30-20)15-4-6-16(7-5-15)19(28)22-10-11-27/h2-9,13,27H,10-12H2,1H3,(H,22,28)(H,23,25). The molecule has 0 saturated heterocycles. The van der Waals surface area contributed by atoms with Crippen molar-refractivity contribution in [1.29, 1.82) is 0 Å². The van der Waals surface area contributed by atoms with Gasteiger partial charge in [0.25, 0.3) is 5.91 Å². The maximum absolute atomic E-state index is 11.9. The van der Waals surface area contributed by atoms with Crippen LogP contribution in [0.4, 0.5) is 5.13 Å². The van der Waals surface area contributed by atoms with Gasteiger partial charge in [0, 0.05) is 24.2 Å². The lowest BCUT2D eigenvalue weighted by Gasteiger charge is -2.04. The molecule has 0 bridgehead atoms. The second-order valence-electron chi connectivity index (χ2n) is 6.52. The average molecular weight is 423 g/mol. The molecule has 2 aromatic heterocycles. The molecular formula is C21H21N5O3S. The van der Waals surface area contributed by atoms with Crippen LogP contribution in [0.3, 0.4) is 0 Å². The summed E-state index contributed by atoms with van der Waals surface area (Å²) in [5.74, 6) is 0.619. The molecule has 4 aromatic rings. The van der Waals surface area contributed by atoms with Crippen LogP contribution < -0.4 is 15.4 Å². The maximum Gasteiger partial charge on any atom is 0.251 e. The van der Waals surface area contributed by atoms with E-state index in [1.165, 1.54) is 11.3 Å². The number of rotatable bonds is 8. The molecule has 0 radical (unpaired) electrons. The normalized spacial score (nSPS) is 10.9.